The lowest BCUT2D eigenvalue weighted by Gasteiger charge is -2.17. The van der Waals surface area contributed by atoms with Gasteiger partial charge in [-0.05, 0) is 36.2 Å². The van der Waals surface area contributed by atoms with Gasteiger partial charge in [0.1, 0.15) is 11.5 Å². The number of benzene rings is 2. The summed E-state index contributed by atoms with van der Waals surface area (Å²) in [5.74, 6) is 1.54. The van der Waals surface area contributed by atoms with E-state index in [0.29, 0.717) is 19.6 Å². The van der Waals surface area contributed by atoms with Crippen LogP contribution in [0.15, 0.2) is 54.6 Å². The van der Waals surface area contributed by atoms with E-state index in [0.717, 1.165) is 17.1 Å². The fourth-order valence-electron chi connectivity index (χ4n) is 1.99. The molecular weight excluding hydrogens is 266 g/mol. The third-order valence-electron chi connectivity index (χ3n) is 3.04. The monoisotopic (exact) mass is 287 g/mol. The molecule has 0 saturated heterocycles. The minimum atomic E-state index is -0.184. The van der Waals surface area contributed by atoms with Gasteiger partial charge in [-0.2, -0.15) is 0 Å². The van der Waals surface area contributed by atoms with E-state index in [2.05, 4.69) is 0 Å². The molecule has 2 aromatic carbocycles. The number of hydrogen-bond acceptors (Lipinski definition) is 4. The Hall–Kier alpha value is -1.88. The molecular formula is C17H21NO3. The van der Waals surface area contributed by atoms with Gasteiger partial charge in [-0.1, -0.05) is 30.3 Å². The van der Waals surface area contributed by atoms with Crippen molar-refractivity contribution in [3.8, 4) is 11.5 Å². The summed E-state index contributed by atoms with van der Waals surface area (Å²) in [7, 11) is 0. The maximum absolute atomic E-state index is 8.80. The van der Waals surface area contributed by atoms with Gasteiger partial charge >= 0.3 is 0 Å². The Morgan fingerprint density at radius 2 is 1.76 bits per heavy atom. The van der Waals surface area contributed by atoms with Crippen molar-refractivity contribution in [3.63, 3.8) is 0 Å². The second-order valence-electron chi connectivity index (χ2n) is 4.66. The number of para-hydroxylation sites is 1. The van der Waals surface area contributed by atoms with Gasteiger partial charge in [-0.3, -0.25) is 0 Å². The first kappa shape index (κ1) is 15.5. The molecule has 2 aromatic rings. The van der Waals surface area contributed by atoms with Crippen LogP contribution in [0.5, 0.6) is 11.5 Å². The van der Waals surface area contributed by atoms with Crippen molar-refractivity contribution < 1.29 is 14.6 Å². The van der Waals surface area contributed by atoms with E-state index in [9.17, 15) is 0 Å². The van der Waals surface area contributed by atoms with E-state index in [1.807, 2.05) is 54.6 Å². The molecule has 0 spiro atoms. The number of aliphatic hydroxyl groups excluding tert-OH is 1. The minimum absolute atomic E-state index is 0.119. The minimum Gasteiger partial charge on any atom is -0.457 e. The first-order valence-corrected chi connectivity index (χ1v) is 7.09. The number of hydrogen-bond donors (Lipinski definition) is 2. The lowest BCUT2D eigenvalue weighted by atomic mass is 10.1. The van der Waals surface area contributed by atoms with Crippen LogP contribution in [0.25, 0.3) is 0 Å². The highest BCUT2D eigenvalue weighted by molar-refractivity contribution is 5.34. The molecule has 0 heterocycles. The molecule has 2 rings (SSSR count). The van der Waals surface area contributed by atoms with Crippen LogP contribution in [0.1, 0.15) is 18.1 Å². The molecule has 0 radical (unpaired) electrons. The zero-order valence-electron chi connectivity index (χ0n) is 11.9. The van der Waals surface area contributed by atoms with Crippen molar-refractivity contribution >= 4 is 0 Å². The second-order valence-corrected chi connectivity index (χ2v) is 4.66. The van der Waals surface area contributed by atoms with Crippen LogP contribution in [0.2, 0.25) is 0 Å². The number of ether oxygens (including phenoxy) is 2. The summed E-state index contributed by atoms with van der Waals surface area (Å²) in [6.45, 7) is 0.997. The van der Waals surface area contributed by atoms with Crippen LogP contribution in [0.3, 0.4) is 0 Å². The van der Waals surface area contributed by atoms with Gasteiger partial charge < -0.3 is 20.3 Å². The zero-order chi connectivity index (χ0) is 14.9. The first-order chi connectivity index (χ1) is 10.3. The fourth-order valence-corrected chi connectivity index (χ4v) is 1.99. The molecule has 1 atom stereocenters. The SMILES string of the molecule is NCC(OCCCO)c1cccc(Oc2ccccc2)c1. The molecule has 0 saturated carbocycles. The van der Waals surface area contributed by atoms with Crippen molar-refractivity contribution in [2.45, 2.75) is 12.5 Å². The first-order valence-electron chi connectivity index (χ1n) is 7.09. The third kappa shape index (κ3) is 4.86. The smallest absolute Gasteiger partial charge is 0.127 e. The molecule has 0 aliphatic heterocycles. The maximum Gasteiger partial charge on any atom is 0.127 e. The third-order valence-corrected chi connectivity index (χ3v) is 3.04. The molecule has 21 heavy (non-hydrogen) atoms. The van der Waals surface area contributed by atoms with Gasteiger partial charge in [0.25, 0.3) is 0 Å². The lowest BCUT2D eigenvalue weighted by Crippen LogP contribution is -2.16. The number of aliphatic hydroxyl groups is 1. The van der Waals surface area contributed by atoms with Crippen molar-refractivity contribution in [1.82, 2.24) is 0 Å². The van der Waals surface area contributed by atoms with Gasteiger partial charge in [0.2, 0.25) is 0 Å². The average Bonchev–Trinajstić information content (AvgIpc) is 2.53. The van der Waals surface area contributed by atoms with Gasteiger partial charge in [-0.15, -0.1) is 0 Å². The fraction of sp³-hybridized carbons (Fsp3) is 0.294. The quantitative estimate of drug-likeness (QED) is 0.733. The van der Waals surface area contributed by atoms with Crippen LogP contribution < -0.4 is 10.5 Å². The largest absolute Gasteiger partial charge is 0.457 e. The Labute approximate surface area is 125 Å². The Balaban J connectivity index is 2.05. The van der Waals surface area contributed by atoms with Crippen molar-refractivity contribution in [2.75, 3.05) is 19.8 Å². The Morgan fingerprint density at radius 3 is 2.48 bits per heavy atom. The highest BCUT2D eigenvalue weighted by Crippen LogP contribution is 2.25. The Kier molecular flexibility index (Phi) is 6.22. The van der Waals surface area contributed by atoms with E-state index in [1.165, 1.54) is 0 Å². The number of nitrogens with two attached hydrogens (primary N) is 1. The van der Waals surface area contributed by atoms with Gasteiger partial charge in [0.05, 0.1) is 6.10 Å². The molecule has 0 aromatic heterocycles. The maximum atomic E-state index is 8.80. The lowest BCUT2D eigenvalue weighted by molar-refractivity contribution is 0.0487. The molecule has 1 unspecified atom stereocenters. The van der Waals surface area contributed by atoms with E-state index in [4.69, 9.17) is 20.3 Å². The van der Waals surface area contributed by atoms with Crippen LogP contribution in [0.4, 0.5) is 0 Å². The van der Waals surface area contributed by atoms with Crippen LogP contribution >= 0.6 is 0 Å². The van der Waals surface area contributed by atoms with E-state index < -0.39 is 0 Å². The summed E-state index contributed by atoms with van der Waals surface area (Å²) in [6.07, 6.45) is 0.423. The summed E-state index contributed by atoms with van der Waals surface area (Å²) in [4.78, 5) is 0. The van der Waals surface area contributed by atoms with Gasteiger partial charge in [0.15, 0.2) is 0 Å². The summed E-state index contributed by atoms with van der Waals surface area (Å²) in [6, 6.07) is 17.3. The highest BCUT2D eigenvalue weighted by Gasteiger charge is 2.11. The second kappa shape index (κ2) is 8.42. The topological polar surface area (TPSA) is 64.7 Å². The predicted octanol–water partition coefficient (Wildman–Crippen LogP) is 2.88. The highest BCUT2D eigenvalue weighted by atomic mass is 16.5. The van der Waals surface area contributed by atoms with E-state index in [1.54, 1.807) is 0 Å². The molecule has 3 N–H and O–H groups in total. The summed E-state index contributed by atoms with van der Waals surface area (Å²) < 4.78 is 11.5. The van der Waals surface area contributed by atoms with E-state index in [-0.39, 0.29) is 12.7 Å². The summed E-state index contributed by atoms with van der Waals surface area (Å²) >= 11 is 0. The van der Waals surface area contributed by atoms with Crippen LogP contribution in [-0.4, -0.2) is 24.9 Å². The predicted molar refractivity (Wildman–Crippen MR) is 82.4 cm³/mol. The van der Waals surface area contributed by atoms with Crippen molar-refractivity contribution in [2.24, 2.45) is 5.73 Å². The molecule has 4 heteroatoms. The zero-order valence-corrected chi connectivity index (χ0v) is 11.9. The average molecular weight is 287 g/mol. The molecule has 0 fully saturated rings. The molecule has 0 amide bonds. The number of rotatable bonds is 8. The summed E-state index contributed by atoms with van der Waals surface area (Å²) in [5.41, 5.74) is 6.74. The Bertz CT molecular complexity index is 531. The molecule has 0 bridgehead atoms. The molecule has 0 aliphatic rings. The Morgan fingerprint density at radius 1 is 1.00 bits per heavy atom. The van der Waals surface area contributed by atoms with Gasteiger partial charge in [0, 0.05) is 19.8 Å². The molecule has 4 nitrogen and oxygen atoms in total. The summed E-state index contributed by atoms with van der Waals surface area (Å²) in [5, 5.41) is 8.80. The van der Waals surface area contributed by atoms with Crippen LogP contribution in [0, 0.1) is 0 Å². The van der Waals surface area contributed by atoms with Crippen molar-refractivity contribution in [3.05, 3.63) is 60.2 Å². The standard InChI is InChI=1S/C17H21NO3/c18-13-17(20-11-5-10-19)14-6-4-9-16(12-14)21-15-7-2-1-3-8-15/h1-4,6-9,12,17,19H,5,10-11,13,18H2. The van der Waals surface area contributed by atoms with E-state index >= 15 is 0 Å². The van der Waals surface area contributed by atoms with Gasteiger partial charge in [-0.25, -0.2) is 0 Å². The van der Waals surface area contributed by atoms with Crippen molar-refractivity contribution in [1.29, 1.82) is 0 Å². The molecule has 0 aliphatic carbocycles. The molecule has 112 valence electrons. The normalized spacial score (nSPS) is 12.1. The van der Waals surface area contributed by atoms with Crippen LogP contribution in [-0.2, 0) is 4.74 Å².